The molecule has 0 aromatic heterocycles. The summed E-state index contributed by atoms with van der Waals surface area (Å²) in [6.45, 7) is 4.67. The van der Waals surface area contributed by atoms with Crippen LogP contribution in [0.3, 0.4) is 0 Å². The largest absolute Gasteiger partial charge is 0.397 e. The smallest absolute Gasteiger partial charge is 0.0600 e. The Morgan fingerprint density at radius 2 is 2.12 bits per heavy atom. The molecule has 3 rings (SSSR count). The highest BCUT2D eigenvalue weighted by Crippen LogP contribution is 2.38. The summed E-state index contributed by atoms with van der Waals surface area (Å²) >= 11 is 0. The van der Waals surface area contributed by atoms with E-state index >= 15 is 0 Å². The van der Waals surface area contributed by atoms with Crippen molar-refractivity contribution < 1.29 is 0 Å². The third kappa shape index (κ3) is 2.00. The van der Waals surface area contributed by atoms with Crippen LogP contribution in [0.2, 0.25) is 0 Å². The van der Waals surface area contributed by atoms with Gasteiger partial charge >= 0.3 is 0 Å². The molecule has 0 radical (unpaired) electrons. The van der Waals surface area contributed by atoms with Gasteiger partial charge in [0.25, 0.3) is 0 Å². The van der Waals surface area contributed by atoms with E-state index in [9.17, 15) is 0 Å². The van der Waals surface area contributed by atoms with E-state index in [0.717, 1.165) is 18.8 Å². The zero-order valence-electron chi connectivity index (χ0n) is 10.3. The van der Waals surface area contributed by atoms with Crippen LogP contribution in [0.1, 0.15) is 19.3 Å². The molecule has 2 heterocycles. The molecule has 0 saturated carbocycles. The van der Waals surface area contributed by atoms with Gasteiger partial charge in [-0.15, -0.1) is 0 Å². The van der Waals surface area contributed by atoms with Gasteiger partial charge in [0.15, 0.2) is 0 Å². The molecular formula is C14H21N3. The van der Waals surface area contributed by atoms with Crippen molar-refractivity contribution in [3.63, 3.8) is 0 Å². The van der Waals surface area contributed by atoms with Gasteiger partial charge in [0.1, 0.15) is 0 Å². The first-order valence-corrected chi connectivity index (χ1v) is 6.59. The summed E-state index contributed by atoms with van der Waals surface area (Å²) in [6, 6.07) is 8.25. The Labute approximate surface area is 103 Å². The van der Waals surface area contributed by atoms with Gasteiger partial charge in [0.05, 0.1) is 11.4 Å². The van der Waals surface area contributed by atoms with Crippen molar-refractivity contribution in [2.45, 2.75) is 19.3 Å². The predicted molar refractivity (Wildman–Crippen MR) is 72.2 cm³/mol. The first-order chi connectivity index (χ1) is 8.29. The maximum Gasteiger partial charge on any atom is 0.0600 e. The van der Waals surface area contributed by atoms with E-state index in [1.54, 1.807) is 0 Å². The van der Waals surface area contributed by atoms with Crippen LogP contribution in [0, 0.1) is 5.41 Å². The average Bonchev–Trinajstić information content (AvgIpc) is 2.78. The van der Waals surface area contributed by atoms with Crippen molar-refractivity contribution in [3.05, 3.63) is 24.3 Å². The topological polar surface area (TPSA) is 41.3 Å². The lowest BCUT2D eigenvalue weighted by atomic mass is 9.79. The number of rotatable bonds is 1. The number of hydrogen-bond donors (Lipinski definition) is 2. The molecule has 17 heavy (non-hydrogen) atoms. The number of nitrogens with zero attached hydrogens (tertiary/aromatic N) is 1. The Morgan fingerprint density at radius 1 is 1.24 bits per heavy atom. The van der Waals surface area contributed by atoms with Crippen molar-refractivity contribution in [1.29, 1.82) is 0 Å². The molecule has 2 aliphatic rings. The molecule has 2 aliphatic heterocycles. The molecule has 1 atom stereocenters. The third-order valence-corrected chi connectivity index (χ3v) is 4.27. The van der Waals surface area contributed by atoms with E-state index in [4.69, 9.17) is 5.73 Å². The molecule has 0 amide bonds. The van der Waals surface area contributed by atoms with Crippen molar-refractivity contribution in [1.82, 2.24) is 5.32 Å². The van der Waals surface area contributed by atoms with Crippen LogP contribution in [0.5, 0.6) is 0 Å². The number of para-hydroxylation sites is 2. The fourth-order valence-electron chi connectivity index (χ4n) is 3.33. The summed E-state index contributed by atoms with van der Waals surface area (Å²) in [6.07, 6.45) is 3.97. The Balaban J connectivity index is 1.82. The SMILES string of the molecule is Nc1ccccc1N1CCCC2(CCNC2)C1. The van der Waals surface area contributed by atoms with Crippen LogP contribution in [-0.4, -0.2) is 26.2 Å². The minimum absolute atomic E-state index is 0.501. The Kier molecular flexibility index (Phi) is 2.71. The zero-order valence-corrected chi connectivity index (χ0v) is 10.3. The normalized spacial score (nSPS) is 28.8. The molecule has 1 unspecified atom stereocenters. The molecule has 0 bridgehead atoms. The van der Waals surface area contributed by atoms with Gasteiger partial charge in [0, 0.05) is 25.0 Å². The van der Waals surface area contributed by atoms with E-state index < -0.39 is 0 Å². The lowest BCUT2D eigenvalue weighted by Gasteiger charge is -2.41. The molecule has 92 valence electrons. The summed E-state index contributed by atoms with van der Waals surface area (Å²) in [7, 11) is 0. The van der Waals surface area contributed by atoms with E-state index in [1.807, 2.05) is 12.1 Å². The lowest BCUT2D eigenvalue weighted by molar-refractivity contribution is 0.261. The molecule has 2 saturated heterocycles. The zero-order chi connectivity index (χ0) is 11.7. The molecule has 0 aliphatic carbocycles. The van der Waals surface area contributed by atoms with E-state index in [0.29, 0.717) is 5.41 Å². The van der Waals surface area contributed by atoms with Gasteiger partial charge < -0.3 is 16.0 Å². The number of piperidine rings is 1. The highest BCUT2D eigenvalue weighted by atomic mass is 15.2. The summed E-state index contributed by atoms with van der Waals surface area (Å²) in [5.41, 5.74) is 8.72. The van der Waals surface area contributed by atoms with Gasteiger partial charge in [-0.1, -0.05) is 12.1 Å². The molecule has 3 N–H and O–H groups in total. The average molecular weight is 231 g/mol. The number of benzene rings is 1. The van der Waals surface area contributed by atoms with Crippen molar-refractivity contribution in [2.75, 3.05) is 36.8 Å². The minimum Gasteiger partial charge on any atom is -0.397 e. The standard InChI is InChI=1S/C14H21N3/c15-12-4-1-2-5-13(12)17-9-3-6-14(11-17)7-8-16-10-14/h1-2,4-5,16H,3,6-11,15H2. The van der Waals surface area contributed by atoms with Crippen LogP contribution in [0.4, 0.5) is 11.4 Å². The van der Waals surface area contributed by atoms with Gasteiger partial charge in [0.2, 0.25) is 0 Å². The Bertz CT molecular complexity index is 396. The van der Waals surface area contributed by atoms with Gasteiger partial charge in [-0.25, -0.2) is 0 Å². The molecule has 3 heteroatoms. The first-order valence-electron chi connectivity index (χ1n) is 6.59. The highest BCUT2D eigenvalue weighted by Gasteiger charge is 2.38. The van der Waals surface area contributed by atoms with Crippen LogP contribution >= 0.6 is 0 Å². The Hall–Kier alpha value is -1.22. The first kappa shape index (κ1) is 10.9. The van der Waals surface area contributed by atoms with Crippen LogP contribution in [0.25, 0.3) is 0 Å². The van der Waals surface area contributed by atoms with Crippen LogP contribution in [-0.2, 0) is 0 Å². The minimum atomic E-state index is 0.501. The third-order valence-electron chi connectivity index (χ3n) is 4.27. The maximum atomic E-state index is 6.08. The monoisotopic (exact) mass is 231 g/mol. The van der Waals surface area contributed by atoms with Gasteiger partial charge in [-0.3, -0.25) is 0 Å². The van der Waals surface area contributed by atoms with Gasteiger partial charge in [-0.2, -0.15) is 0 Å². The molecule has 1 aromatic rings. The summed E-state index contributed by atoms with van der Waals surface area (Å²) in [5.74, 6) is 0. The van der Waals surface area contributed by atoms with Crippen molar-refractivity contribution in [2.24, 2.45) is 5.41 Å². The van der Waals surface area contributed by atoms with Crippen molar-refractivity contribution >= 4 is 11.4 Å². The summed E-state index contributed by atoms with van der Waals surface area (Å²) in [5, 5.41) is 3.51. The number of nitrogen functional groups attached to an aromatic ring is 1. The molecular weight excluding hydrogens is 210 g/mol. The lowest BCUT2D eigenvalue weighted by Crippen LogP contribution is -2.44. The summed E-state index contributed by atoms with van der Waals surface area (Å²) < 4.78 is 0. The number of nitrogens with one attached hydrogen (secondary N) is 1. The van der Waals surface area contributed by atoms with E-state index in [-0.39, 0.29) is 0 Å². The van der Waals surface area contributed by atoms with E-state index in [1.165, 1.54) is 38.0 Å². The second kappa shape index (κ2) is 4.22. The number of nitrogens with two attached hydrogens (primary N) is 1. The second-order valence-electron chi connectivity index (χ2n) is 5.51. The molecule has 1 aromatic carbocycles. The van der Waals surface area contributed by atoms with Crippen LogP contribution in [0.15, 0.2) is 24.3 Å². The highest BCUT2D eigenvalue weighted by molar-refractivity contribution is 5.67. The number of hydrogen-bond acceptors (Lipinski definition) is 3. The van der Waals surface area contributed by atoms with Crippen molar-refractivity contribution in [3.8, 4) is 0 Å². The fourth-order valence-corrected chi connectivity index (χ4v) is 3.33. The Morgan fingerprint density at radius 3 is 2.88 bits per heavy atom. The van der Waals surface area contributed by atoms with Gasteiger partial charge in [-0.05, 0) is 37.9 Å². The van der Waals surface area contributed by atoms with Crippen LogP contribution < -0.4 is 16.0 Å². The second-order valence-corrected chi connectivity index (χ2v) is 5.51. The molecule has 1 spiro atoms. The quantitative estimate of drug-likeness (QED) is 0.725. The predicted octanol–water partition coefficient (Wildman–Crippen LogP) is 1.85. The van der Waals surface area contributed by atoms with E-state index in [2.05, 4.69) is 22.3 Å². The molecule has 3 nitrogen and oxygen atoms in total. The fraction of sp³-hybridized carbons (Fsp3) is 0.571. The maximum absolute atomic E-state index is 6.08. The number of anilines is 2. The summed E-state index contributed by atoms with van der Waals surface area (Å²) in [4.78, 5) is 2.48. The molecule has 2 fully saturated rings.